The first kappa shape index (κ1) is 21.9. The lowest BCUT2D eigenvalue weighted by atomic mass is 9.69. The number of allylic oxidation sites excluding steroid dienone is 2. The van der Waals surface area contributed by atoms with Crippen molar-refractivity contribution in [2.45, 2.75) is 49.3 Å². The highest BCUT2D eigenvalue weighted by Crippen LogP contribution is 2.67. The Hall–Kier alpha value is -3.59. The van der Waals surface area contributed by atoms with Gasteiger partial charge in [0.2, 0.25) is 0 Å². The van der Waals surface area contributed by atoms with Crippen molar-refractivity contribution in [1.82, 2.24) is 5.32 Å². The zero-order chi connectivity index (χ0) is 24.5. The molecule has 0 saturated carbocycles. The van der Waals surface area contributed by atoms with Gasteiger partial charge in [-0.15, -0.1) is 0 Å². The second kappa shape index (κ2) is 7.45. The number of aliphatic hydroxyl groups excluding tert-OH is 2. The number of aliphatic hydroxyl groups is 2. The average Bonchev–Trinajstić information content (AvgIpc) is 3.56. The third kappa shape index (κ3) is 2.75. The number of ether oxygens (including phenoxy) is 1. The summed E-state index contributed by atoms with van der Waals surface area (Å²) in [7, 11) is 1.86. The van der Waals surface area contributed by atoms with Gasteiger partial charge in [0.05, 0.1) is 17.4 Å². The first-order valence-corrected chi connectivity index (χ1v) is 11.6. The highest BCUT2D eigenvalue weighted by Gasteiger charge is 2.82. The summed E-state index contributed by atoms with van der Waals surface area (Å²) in [5, 5.41) is 39.6. The van der Waals surface area contributed by atoms with E-state index >= 15 is 0 Å². The second-order valence-corrected chi connectivity index (χ2v) is 9.40. The topological polar surface area (TPSA) is 114 Å². The summed E-state index contributed by atoms with van der Waals surface area (Å²) in [5.74, 6) is 11.2. The smallest absolute Gasteiger partial charge is 0.195 e. The van der Waals surface area contributed by atoms with Gasteiger partial charge >= 0.3 is 0 Å². The van der Waals surface area contributed by atoms with Crippen molar-refractivity contribution < 1.29 is 24.9 Å². The Morgan fingerprint density at radius 3 is 2.77 bits per heavy atom. The Morgan fingerprint density at radius 2 is 2.03 bits per heavy atom. The van der Waals surface area contributed by atoms with Crippen LogP contribution in [0, 0.1) is 23.7 Å². The van der Waals surface area contributed by atoms with Gasteiger partial charge in [0.25, 0.3) is 0 Å². The molecular formula is C28H24N2O5. The largest absolute Gasteiger partial charge is 0.508 e. The molecule has 2 aliphatic heterocycles. The molecule has 5 N–H and O–H groups in total. The first-order chi connectivity index (χ1) is 16.8. The molecule has 35 heavy (non-hydrogen) atoms. The molecule has 7 heteroatoms. The molecule has 176 valence electrons. The van der Waals surface area contributed by atoms with E-state index in [9.17, 15) is 20.1 Å². The number of hydrogen-bond acceptors (Lipinski definition) is 7. The number of aromatic hydroxyl groups is 1. The predicted molar refractivity (Wildman–Crippen MR) is 129 cm³/mol. The number of rotatable bonds is 3. The zero-order valence-electron chi connectivity index (χ0n) is 19.3. The third-order valence-electron chi connectivity index (χ3n) is 7.49. The molecule has 2 aliphatic carbocycles. The van der Waals surface area contributed by atoms with E-state index in [4.69, 9.17) is 4.74 Å². The van der Waals surface area contributed by atoms with E-state index in [1.165, 1.54) is 12.1 Å². The lowest BCUT2D eigenvalue weighted by Gasteiger charge is -2.38. The van der Waals surface area contributed by atoms with E-state index in [2.05, 4.69) is 34.3 Å². The van der Waals surface area contributed by atoms with Crippen LogP contribution in [0.5, 0.6) is 5.75 Å². The Labute approximate surface area is 202 Å². The normalized spacial score (nSPS) is 30.5. The number of hydrogen-bond donors (Lipinski definition) is 5. The van der Waals surface area contributed by atoms with Crippen LogP contribution in [-0.2, 0) is 23.3 Å². The molecule has 1 fully saturated rings. The lowest BCUT2D eigenvalue weighted by Crippen LogP contribution is -2.54. The quantitative estimate of drug-likeness (QED) is 0.224. The van der Waals surface area contributed by atoms with Crippen LogP contribution in [0.25, 0.3) is 0 Å². The van der Waals surface area contributed by atoms with Crippen molar-refractivity contribution in [2.24, 2.45) is 0 Å². The fourth-order valence-corrected chi connectivity index (χ4v) is 5.91. The molecule has 0 radical (unpaired) electrons. The fourth-order valence-electron chi connectivity index (χ4n) is 5.91. The fraction of sp³-hybridized carbons (Fsp3) is 0.321. The van der Waals surface area contributed by atoms with Gasteiger partial charge in [-0.25, -0.2) is 0 Å². The van der Waals surface area contributed by atoms with Gasteiger partial charge in [-0.2, -0.15) is 0 Å². The molecule has 2 heterocycles. The van der Waals surface area contributed by atoms with Crippen LogP contribution < -0.4 is 10.6 Å². The monoisotopic (exact) mass is 468 g/mol. The van der Waals surface area contributed by atoms with Crippen molar-refractivity contribution in [3.05, 3.63) is 69.8 Å². The molecule has 4 aliphatic rings. The number of benzene rings is 2. The van der Waals surface area contributed by atoms with Crippen molar-refractivity contribution in [3.63, 3.8) is 0 Å². The zero-order valence-corrected chi connectivity index (χ0v) is 19.3. The number of ketones is 1. The average molecular weight is 469 g/mol. The van der Waals surface area contributed by atoms with Gasteiger partial charge in [0.1, 0.15) is 11.8 Å². The van der Waals surface area contributed by atoms with Gasteiger partial charge in [-0.05, 0) is 43.3 Å². The summed E-state index contributed by atoms with van der Waals surface area (Å²) >= 11 is 0. The van der Waals surface area contributed by atoms with Gasteiger partial charge in [0.15, 0.2) is 23.1 Å². The number of phenols is 1. The summed E-state index contributed by atoms with van der Waals surface area (Å²) in [4.78, 5) is 13.8. The Bertz CT molecular complexity index is 1450. The van der Waals surface area contributed by atoms with Gasteiger partial charge in [0, 0.05) is 29.7 Å². The maximum atomic E-state index is 13.8. The minimum absolute atomic E-state index is 0.0652. The summed E-state index contributed by atoms with van der Waals surface area (Å²) in [6, 6.07) is 6.51. The van der Waals surface area contributed by atoms with E-state index in [0.717, 1.165) is 11.1 Å². The Morgan fingerprint density at radius 1 is 1.26 bits per heavy atom. The highest BCUT2D eigenvalue weighted by atomic mass is 16.7. The minimum atomic E-state index is -1.46. The summed E-state index contributed by atoms with van der Waals surface area (Å²) in [5.41, 5.74) is 1.39. The van der Waals surface area contributed by atoms with E-state index in [0.29, 0.717) is 40.9 Å². The lowest BCUT2D eigenvalue weighted by molar-refractivity contribution is 0.0867. The molecule has 7 nitrogen and oxygen atoms in total. The summed E-state index contributed by atoms with van der Waals surface area (Å²) in [6.07, 6.45) is 1.14. The molecule has 0 spiro atoms. The Kier molecular flexibility index (Phi) is 4.67. The number of anilines is 1. The molecular weight excluding hydrogens is 444 g/mol. The number of carbonyl (C=O) groups is 1. The number of phenolic OH excluding ortho intramolecular Hbond substituents is 1. The predicted octanol–water partition coefficient (Wildman–Crippen LogP) is 1.32. The number of nitrogens with one attached hydrogen (secondary N) is 2. The van der Waals surface area contributed by atoms with E-state index in [-0.39, 0.29) is 11.5 Å². The van der Waals surface area contributed by atoms with E-state index < -0.39 is 29.5 Å². The van der Waals surface area contributed by atoms with E-state index in [1.807, 2.05) is 25.2 Å². The molecule has 2 aromatic carbocycles. The van der Waals surface area contributed by atoms with Crippen molar-refractivity contribution in [1.29, 1.82) is 0 Å². The van der Waals surface area contributed by atoms with Crippen LogP contribution >= 0.6 is 0 Å². The number of fused-ring (bicyclic) bond motifs is 4. The first-order valence-electron chi connectivity index (χ1n) is 11.6. The van der Waals surface area contributed by atoms with Crippen molar-refractivity contribution in [2.75, 3.05) is 12.4 Å². The van der Waals surface area contributed by atoms with Gasteiger partial charge in [-0.3, -0.25) is 4.79 Å². The molecule has 0 amide bonds. The SMILES string of the molecule is CNCc1ccc2c(c1)Cc1c(O)cc3c(c1C2=O)N[C@H]1C#C/C=C\C#C[C@@H](O)[C@@]32O[C@@]12[C@@H](C)O. The third-order valence-corrected chi connectivity index (χ3v) is 7.49. The minimum Gasteiger partial charge on any atom is -0.508 e. The van der Waals surface area contributed by atoms with Crippen molar-refractivity contribution in [3.8, 4) is 29.4 Å². The van der Waals surface area contributed by atoms with Crippen LogP contribution in [0.1, 0.15) is 45.1 Å². The number of epoxide rings is 1. The summed E-state index contributed by atoms with van der Waals surface area (Å²) in [6.45, 7) is 2.24. The van der Waals surface area contributed by atoms with Gasteiger partial charge < -0.3 is 30.7 Å². The van der Waals surface area contributed by atoms with Crippen LogP contribution in [0.4, 0.5) is 5.69 Å². The molecule has 2 bridgehead atoms. The molecule has 1 saturated heterocycles. The van der Waals surface area contributed by atoms with Crippen LogP contribution in [0.15, 0.2) is 36.4 Å². The molecule has 5 atom stereocenters. The van der Waals surface area contributed by atoms with Crippen molar-refractivity contribution >= 4 is 11.5 Å². The second-order valence-electron chi connectivity index (χ2n) is 9.40. The standard InChI is InChI=1S/C28H24N2O5/c1-15(31)27-22-7-5-3-4-6-8-23(33)28(27,35-27)20-13-21(32)19-12-17-11-16(14-29-2)9-10-18(17)26(34)24(19)25(20)30-22/h3-4,9-11,13,15,22-23,29-33H,12,14H2,1-2H3/b4-3-/t15-,22+,23-,27+,28+/m1/s1. The molecule has 0 unspecified atom stereocenters. The summed E-state index contributed by atoms with van der Waals surface area (Å²) < 4.78 is 6.22. The maximum Gasteiger partial charge on any atom is 0.195 e. The molecule has 0 aromatic heterocycles. The molecule has 6 rings (SSSR count). The number of carbonyl (C=O) groups excluding carboxylic acids is 1. The molecule has 2 aromatic rings. The highest BCUT2D eigenvalue weighted by molar-refractivity contribution is 6.16. The van der Waals surface area contributed by atoms with Crippen LogP contribution in [-0.4, -0.2) is 52.0 Å². The van der Waals surface area contributed by atoms with E-state index in [1.54, 1.807) is 13.0 Å². The van der Waals surface area contributed by atoms with Gasteiger partial charge in [-0.1, -0.05) is 41.9 Å². The van der Waals surface area contributed by atoms with Crippen LogP contribution in [0.2, 0.25) is 0 Å². The van der Waals surface area contributed by atoms with Crippen LogP contribution in [0.3, 0.4) is 0 Å². The Balaban J connectivity index is 1.59. The maximum absolute atomic E-state index is 13.8.